The normalized spacial score (nSPS) is 12.5. The van der Waals surface area contributed by atoms with Crippen molar-refractivity contribution in [3.05, 3.63) is 120 Å². The molecule has 0 aliphatic heterocycles. The van der Waals surface area contributed by atoms with Crippen molar-refractivity contribution in [1.82, 2.24) is 0 Å². The van der Waals surface area contributed by atoms with E-state index in [4.69, 9.17) is 0 Å². The lowest BCUT2D eigenvalue weighted by atomic mass is 9.83. The Hall–Kier alpha value is -3.90. The largest absolute Gasteiger partial charge is 0.0616 e. The van der Waals surface area contributed by atoms with E-state index in [0.29, 0.717) is 0 Å². The molecule has 0 radical (unpaired) electrons. The molecule has 0 aromatic heterocycles. The third-order valence-corrected chi connectivity index (χ3v) is 7.97. The van der Waals surface area contributed by atoms with Gasteiger partial charge in [0.05, 0.1) is 0 Å². The molecule has 0 aliphatic rings. The molecular weight excluding hydrogens is 456 g/mol. The number of hydrogen-bond donors (Lipinski definition) is 0. The van der Waals surface area contributed by atoms with Gasteiger partial charge in [-0.1, -0.05) is 145 Å². The Balaban J connectivity index is 1.62. The van der Waals surface area contributed by atoms with E-state index in [9.17, 15) is 0 Å². The molecule has 0 fully saturated rings. The van der Waals surface area contributed by atoms with Gasteiger partial charge in [-0.3, -0.25) is 0 Å². The maximum absolute atomic E-state index is 2.37. The van der Waals surface area contributed by atoms with Crippen LogP contribution in [0.4, 0.5) is 0 Å². The predicted molar refractivity (Wildman–Crippen MR) is 167 cm³/mol. The van der Waals surface area contributed by atoms with Crippen LogP contribution in [0.15, 0.2) is 109 Å². The number of fused-ring (bicyclic) bond motifs is 3. The van der Waals surface area contributed by atoms with E-state index in [1.807, 2.05) is 0 Å². The summed E-state index contributed by atoms with van der Waals surface area (Å²) in [5.41, 5.74) is 8.17. The second-order valence-electron chi connectivity index (χ2n) is 12.7. The molecular formula is C38H36. The fraction of sp³-hybridized carbons (Fsp3) is 0.211. The Morgan fingerprint density at radius 2 is 0.763 bits per heavy atom. The van der Waals surface area contributed by atoms with Gasteiger partial charge in [0.15, 0.2) is 0 Å². The average Bonchev–Trinajstić information content (AvgIpc) is 2.90. The van der Waals surface area contributed by atoms with Crippen LogP contribution < -0.4 is 0 Å². The lowest BCUT2D eigenvalue weighted by Crippen LogP contribution is -2.10. The molecule has 6 rings (SSSR count). The molecule has 0 aliphatic carbocycles. The van der Waals surface area contributed by atoms with Gasteiger partial charge < -0.3 is 0 Å². The van der Waals surface area contributed by atoms with Gasteiger partial charge >= 0.3 is 0 Å². The molecule has 0 unspecified atom stereocenters. The van der Waals surface area contributed by atoms with Gasteiger partial charge in [0.2, 0.25) is 0 Å². The zero-order valence-corrected chi connectivity index (χ0v) is 23.4. The van der Waals surface area contributed by atoms with Crippen molar-refractivity contribution in [1.29, 1.82) is 0 Å². The zero-order valence-electron chi connectivity index (χ0n) is 23.4. The Morgan fingerprint density at radius 1 is 0.368 bits per heavy atom. The first-order chi connectivity index (χ1) is 18.1. The van der Waals surface area contributed by atoms with Crippen molar-refractivity contribution in [2.24, 2.45) is 0 Å². The molecule has 188 valence electrons. The van der Waals surface area contributed by atoms with Gasteiger partial charge in [-0.15, -0.1) is 0 Å². The summed E-state index contributed by atoms with van der Waals surface area (Å²) in [4.78, 5) is 0. The average molecular weight is 493 g/mol. The van der Waals surface area contributed by atoms with E-state index in [-0.39, 0.29) is 10.8 Å². The van der Waals surface area contributed by atoms with Gasteiger partial charge in [0.1, 0.15) is 0 Å². The van der Waals surface area contributed by atoms with Gasteiger partial charge in [-0.2, -0.15) is 0 Å². The van der Waals surface area contributed by atoms with Crippen LogP contribution in [0.5, 0.6) is 0 Å². The summed E-state index contributed by atoms with van der Waals surface area (Å²) in [5, 5.41) is 7.77. The summed E-state index contributed by atoms with van der Waals surface area (Å²) in [7, 11) is 0. The van der Waals surface area contributed by atoms with Crippen LogP contribution in [-0.2, 0) is 10.8 Å². The van der Waals surface area contributed by atoms with Crippen LogP contribution >= 0.6 is 0 Å². The summed E-state index contributed by atoms with van der Waals surface area (Å²) in [6, 6.07) is 40.9. The lowest BCUT2D eigenvalue weighted by Gasteiger charge is -2.21. The molecule has 0 heterocycles. The minimum atomic E-state index is 0.135. The maximum Gasteiger partial charge on any atom is -0.00262 e. The molecule has 0 atom stereocenters. The molecule has 0 bridgehead atoms. The summed E-state index contributed by atoms with van der Waals surface area (Å²) in [5.74, 6) is 0. The molecule has 0 nitrogen and oxygen atoms in total. The van der Waals surface area contributed by atoms with Crippen LogP contribution in [0.25, 0.3) is 54.6 Å². The van der Waals surface area contributed by atoms with E-state index in [1.165, 1.54) is 65.7 Å². The number of rotatable bonds is 2. The van der Waals surface area contributed by atoms with Crippen LogP contribution in [0.2, 0.25) is 0 Å². The van der Waals surface area contributed by atoms with Gasteiger partial charge in [0.25, 0.3) is 0 Å². The molecule has 6 aromatic rings. The Labute approximate surface area is 227 Å². The molecule has 0 saturated heterocycles. The monoisotopic (exact) mass is 492 g/mol. The smallest absolute Gasteiger partial charge is 0.00262 e. The van der Waals surface area contributed by atoms with Crippen LogP contribution in [0, 0.1) is 0 Å². The molecule has 0 spiro atoms. The molecule has 38 heavy (non-hydrogen) atoms. The minimum absolute atomic E-state index is 0.135. The number of benzene rings is 6. The summed E-state index contributed by atoms with van der Waals surface area (Å²) < 4.78 is 0. The van der Waals surface area contributed by atoms with E-state index in [2.05, 4.69) is 151 Å². The van der Waals surface area contributed by atoms with Crippen LogP contribution in [-0.4, -0.2) is 0 Å². The Kier molecular flexibility index (Phi) is 5.69. The predicted octanol–water partition coefficient (Wildman–Crippen LogP) is 11.1. The standard InChI is InChI=1S/C38H36/c1-37(2,3)29-20-17-25(18-21-29)35-31-11-7-9-13-33(31)36(34-14-10-8-12-32(34)35)28-16-15-27-24-30(38(4,5)6)22-19-26(27)23-28/h7-24H,1-6H3. The van der Waals surface area contributed by atoms with Gasteiger partial charge in [-0.25, -0.2) is 0 Å². The topological polar surface area (TPSA) is 0 Å². The Morgan fingerprint density at radius 3 is 1.26 bits per heavy atom. The van der Waals surface area contributed by atoms with Crippen molar-refractivity contribution >= 4 is 32.3 Å². The first-order valence-electron chi connectivity index (χ1n) is 13.7. The van der Waals surface area contributed by atoms with E-state index in [1.54, 1.807) is 0 Å². The highest BCUT2D eigenvalue weighted by atomic mass is 14.2. The third kappa shape index (κ3) is 4.19. The fourth-order valence-corrected chi connectivity index (χ4v) is 5.76. The summed E-state index contributed by atoms with van der Waals surface area (Å²) in [6.45, 7) is 13.6. The molecule has 0 heteroatoms. The van der Waals surface area contributed by atoms with Crippen LogP contribution in [0.3, 0.4) is 0 Å². The van der Waals surface area contributed by atoms with Gasteiger partial charge in [0, 0.05) is 0 Å². The lowest BCUT2D eigenvalue weighted by molar-refractivity contribution is 0.590. The third-order valence-electron chi connectivity index (χ3n) is 7.97. The highest BCUT2D eigenvalue weighted by Crippen LogP contribution is 2.44. The molecule has 0 amide bonds. The second kappa shape index (κ2) is 8.84. The SMILES string of the molecule is CC(C)(C)c1ccc(-c2c3ccccc3c(-c3ccc4cc(C(C)(C)C)ccc4c3)c3ccccc23)cc1. The molecule has 0 saturated carbocycles. The van der Waals surface area contributed by atoms with E-state index in [0.717, 1.165) is 0 Å². The minimum Gasteiger partial charge on any atom is -0.0616 e. The van der Waals surface area contributed by atoms with E-state index >= 15 is 0 Å². The molecule has 0 N–H and O–H groups in total. The number of hydrogen-bond acceptors (Lipinski definition) is 0. The van der Waals surface area contributed by atoms with Crippen LogP contribution in [0.1, 0.15) is 52.7 Å². The van der Waals surface area contributed by atoms with Crippen molar-refractivity contribution in [2.45, 2.75) is 52.4 Å². The highest BCUT2D eigenvalue weighted by molar-refractivity contribution is 6.21. The quantitative estimate of drug-likeness (QED) is 0.211. The van der Waals surface area contributed by atoms with Crippen molar-refractivity contribution in [3.63, 3.8) is 0 Å². The molecule has 6 aromatic carbocycles. The summed E-state index contributed by atoms with van der Waals surface area (Å²) >= 11 is 0. The first-order valence-corrected chi connectivity index (χ1v) is 13.7. The first kappa shape index (κ1) is 24.4. The van der Waals surface area contributed by atoms with E-state index < -0.39 is 0 Å². The van der Waals surface area contributed by atoms with Crippen molar-refractivity contribution < 1.29 is 0 Å². The van der Waals surface area contributed by atoms with Gasteiger partial charge in [-0.05, 0) is 82.6 Å². The van der Waals surface area contributed by atoms with Crippen molar-refractivity contribution in [2.75, 3.05) is 0 Å². The second-order valence-corrected chi connectivity index (χ2v) is 12.7. The highest BCUT2D eigenvalue weighted by Gasteiger charge is 2.19. The Bertz CT molecular complexity index is 1750. The van der Waals surface area contributed by atoms with Crippen molar-refractivity contribution in [3.8, 4) is 22.3 Å². The zero-order chi connectivity index (χ0) is 26.7. The fourth-order valence-electron chi connectivity index (χ4n) is 5.76. The summed E-state index contributed by atoms with van der Waals surface area (Å²) in [6.07, 6.45) is 0. The maximum atomic E-state index is 2.37.